The van der Waals surface area contributed by atoms with Crippen LogP contribution in [-0.2, 0) is 11.3 Å². The van der Waals surface area contributed by atoms with Gasteiger partial charge in [0.2, 0.25) is 0 Å². The number of aryl methyl sites for hydroxylation is 2. The first-order chi connectivity index (χ1) is 12.5. The van der Waals surface area contributed by atoms with Crippen LogP contribution < -0.4 is 4.74 Å². The Kier molecular flexibility index (Phi) is 5.78. The van der Waals surface area contributed by atoms with Crippen molar-refractivity contribution in [3.8, 4) is 5.75 Å². The smallest absolute Gasteiger partial charge is 0.410 e. The van der Waals surface area contributed by atoms with Gasteiger partial charge >= 0.3 is 6.09 Å². The molecule has 0 aliphatic carbocycles. The number of piperidine rings is 1. The third-order valence-electron chi connectivity index (χ3n) is 4.66. The SMILES string of the molecule is Cc1cccc(C)c1O[C@H]1CCN(C(=O)OCc2ccccc2)C[C@@H]1O. The second-order valence-corrected chi connectivity index (χ2v) is 6.72. The van der Waals surface area contributed by atoms with Crippen molar-refractivity contribution >= 4 is 6.09 Å². The number of carbonyl (C=O) groups is 1. The third-order valence-corrected chi connectivity index (χ3v) is 4.66. The molecule has 138 valence electrons. The van der Waals surface area contributed by atoms with Crippen LogP contribution in [0.3, 0.4) is 0 Å². The van der Waals surface area contributed by atoms with Crippen LogP contribution in [0.25, 0.3) is 0 Å². The molecule has 1 aliphatic heterocycles. The first-order valence-corrected chi connectivity index (χ1v) is 8.91. The summed E-state index contributed by atoms with van der Waals surface area (Å²) < 4.78 is 11.4. The minimum atomic E-state index is -0.743. The van der Waals surface area contributed by atoms with Crippen LogP contribution in [0.5, 0.6) is 5.75 Å². The van der Waals surface area contributed by atoms with Gasteiger partial charge in [0.15, 0.2) is 0 Å². The lowest BCUT2D eigenvalue weighted by molar-refractivity contribution is -0.0257. The van der Waals surface area contributed by atoms with Crippen LogP contribution >= 0.6 is 0 Å². The summed E-state index contributed by atoms with van der Waals surface area (Å²) in [5, 5.41) is 10.4. The molecule has 2 aromatic rings. The van der Waals surface area contributed by atoms with Gasteiger partial charge in [0.25, 0.3) is 0 Å². The predicted octanol–water partition coefficient (Wildman–Crippen LogP) is 3.45. The number of benzene rings is 2. The predicted molar refractivity (Wildman–Crippen MR) is 99.2 cm³/mol. The number of likely N-dealkylation sites (tertiary alicyclic amines) is 1. The van der Waals surface area contributed by atoms with Crippen LogP contribution in [0.4, 0.5) is 4.79 Å². The minimum absolute atomic E-state index is 0.212. The molecule has 5 nitrogen and oxygen atoms in total. The zero-order valence-corrected chi connectivity index (χ0v) is 15.2. The Balaban J connectivity index is 1.54. The van der Waals surface area contributed by atoms with Gasteiger partial charge in [-0.1, -0.05) is 48.5 Å². The summed E-state index contributed by atoms with van der Waals surface area (Å²) >= 11 is 0. The van der Waals surface area contributed by atoms with E-state index in [0.29, 0.717) is 13.0 Å². The number of aliphatic hydroxyl groups excluding tert-OH is 1. The average Bonchev–Trinajstić information content (AvgIpc) is 2.65. The van der Waals surface area contributed by atoms with Crippen LogP contribution in [0.1, 0.15) is 23.1 Å². The van der Waals surface area contributed by atoms with Crippen molar-refractivity contribution in [2.45, 2.75) is 39.1 Å². The topological polar surface area (TPSA) is 59.0 Å². The summed E-state index contributed by atoms with van der Waals surface area (Å²) in [5.74, 6) is 0.816. The number of rotatable bonds is 4. The third kappa shape index (κ3) is 4.35. The van der Waals surface area contributed by atoms with E-state index in [-0.39, 0.29) is 19.3 Å². The monoisotopic (exact) mass is 355 g/mol. The number of carbonyl (C=O) groups excluding carboxylic acids is 1. The molecule has 5 heteroatoms. The molecular formula is C21H25NO4. The van der Waals surface area contributed by atoms with Crippen molar-refractivity contribution in [3.63, 3.8) is 0 Å². The Morgan fingerprint density at radius 1 is 1.12 bits per heavy atom. The summed E-state index contributed by atoms with van der Waals surface area (Å²) in [6.45, 7) is 4.92. The van der Waals surface area contributed by atoms with Crippen molar-refractivity contribution < 1.29 is 19.4 Å². The van der Waals surface area contributed by atoms with Crippen LogP contribution in [0, 0.1) is 13.8 Å². The molecule has 2 atom stereocenters. The number of aliphatic hydroxyl groups is 1. The lowest BCUT2D eigenvalue weighted by atomic mass is 10.0. The Morgan fingerprint density at radius 2 is 1.81 bits per heavy atom. The Morgan fingerprint density at radius 3 is 2.46 bits per heavy atom. The molecule has 3 rings (SSSR count). The van der Waals surface area contributed by atoms with Gasteiger partial charge in [-0.3, -0.25) is 0 Å². The second-order valence-electron chi connectivity index (χ2n) is 6.72. The lowest BCUT2D eigenvalue weighted by Crippen LogP contribution is -2.51. The molecule has 0 bridgehead atoms. The van der Waals surface area contributed by atoms with Crippen LogP contribution in [0.2, 0.25) is 0 Å². The molecule has 0 unspecified atom stereocenters. The average molecular weight is 355 g/mol. The molecule has 0 saturated carbocycles. The molecule has 0 spiro atoms. The normalized spacial score (nSPS) is 19.9. The number of para-hydroxylation sites is 1. The Labute approximate surface area is 154 Å². The summed E-state index contributed by atoms with van der Waals surface area (Å²) in [4.78, 5) is 13.8. The van der Waals surface area contributed by atoms with Crippen molar-refractivity contribution in [3.05, 3.63) is 65.2 Å². The fraction of sp³-hybridized carbons (Fsp3) is 0.381. The maximum absolute atomic E-state index is 12.2. The number of ether oxygens (including phenoxy) is 2. The number of nitrogens with zero attached hydrogens (tertiary/aromatic N) is 1. The molecule has 0 aromatic heterocycles. The second kappa shape index (κ2) is 8.23. The molecule has 0 radical (unpaired) electrons. The molecule has 26 heavy (non-hydrogen) atoms. The highest BCUT2D eigenvalue weighted by Gasteiger charge is 2.32. The van der Waals surface area contributed by atoms with Crippen molar-refractivity contribution in [2.24, 2.45) is 0 Å². The fourth-order valence-corrected chi connectivity index (χ4v) is 3.16. The largest absolute Gasteiger partial charge is 0.487 e. The van der Waals surface area contributed by atoms with E-state index in [1.807, 2.05) is 62.4 Å². The van der Waals surface area contributed by atoms with Gasteiger partial charge in [-0.2, -0.15) is 0 Å². The van der Waals surface area contributed by atoms with E-state index in [9.17, 15) is 9.90 Å². The van der Waals surface area contributed by atoms with E-state index < -0.39 is 12.2 Å². The number of amides is 1. The highest BCUT2D eigenvalue weighted by atomic mass is 16.6. The summed E-state index contributed by atoms with van der Waals surface area (Å²) in [5.41, 5.74) is 3.03. The number of β-amino-alcohol motifs (C(OH)–C–C–N with tert-alkyl or cyclic N) is 1. The number of hydrogen-bond acceptors (Lipinski definition) is 4. The summed E-state index contributed by atoms with van der Waals surface area (Å²) in [6.07, 6.45) is -0.909. The van der Waals surface area contributed by atoms with Gasteiger partial charge in [0.05, 0.1) is 6.54 Å². The molecule has 1 saturated heterocycles. The maximum atomic E-state index is 12.2. The van der Waals surface area contributed by atoms with Gasteiger partial charge in [0.1, 0.15) is 24.6 Å². The summed E-state index contributed by atoms with van der Waals surface area (Å²) in [6, 6.07) is 15.5. The standard InChI is InChI=1S/C21H25NO4/c1-15-7-6-8-16(2)20(15)26-19-11-12-22(13-18(19)23)21(24)25-14-17-9-4-3-5-10-17/h3-10,18-19,23H,11-14H2,1-2H3/t18-,19-/m0/s1. The molecule has 1 aliphatic rings. The molecule has 1 N–H and O–H groups in total. The minimum Gasteiger partial charge on any atom is -0.487 e. The Bertz CT molecular complexity index is 727. The van der Waals surface area contributed by atoms with Gasteiger partial charge in [-0.05, 0) is 30.5 Å². The van der Waals surface area contributed by atoms with E-state index in [4.69, 9.17) is 9.47 Å². The van der Waals surface area contributed by atoms with E-state index in [1.165, 1.54) is 4.90 Å². The summed E-state index contributed by atoms with van der Waals surface area (Å²) in [7, 11) is 0. The van der Waals surface area contributed by atoms with E-state index >= 15 is 0 Å². The number of hydrogen-bond donors (Lipinski definition) is 1. The quantitative estimate of drug-likeness (QED) is 0.913. The van der Waals surface area contributed by atoms with E-state index in [1.54, 1.807) is 0 Å². The van der Waals surface area contributed by atoms with E-state index in [0.717, 1.165) is 22.4 Å². The van der Waals surface area contributed by atoms with Crippen molar-refractivity contribution in [1.29, 1.82) is 0 Å². The molecule has 1 heterocycles. The zero-order chi connectivity index (χ0) is 18.5. The zero-order valence-electron chi connectivity index (χ0n) is 15.2. The lowest BCUT2D eigenvalue weighted by Gasteiger charge is -2.35. The van der Waals surface area contributed by atoms with E-state index in [2.05, 4.69) is 0 Å². The molecule has 1 fully saturated rings. The van der Waals surface area contributed by atoms with Crippen molar-refractivity contribution in [2.75, 3.05) is 13.1 Å². The highest BCUT2D eigenvalue weighted by molar-refractivity contribution is 5.67. The van der Waals surface area contributed by atoms with Crippen molar-refractivity contribution in [1.82, 2.24) is 4.90 Å². The maximum Gasteiger partial charge on any atom is 0.410 e. The van der Waals surface area contributed by atoms with Gasteiger partial charge in [-0.15, -0.1) is 0 Å². The fourth-order valence-electron chi connectivity index (χ4n) is 3.16. The molecule has 2 aromatic carbocycles. The van der Waals surface area contributed by atoms with Gasteiger partial charge < -0.3 is 19.5 Å². The first-order valence-electron chi connectivity index (χ1n) is 8.91. The van der Waals surface area contributed by atoms with Crippen LogP contribution in [0.15, 0.2) is 48.5 Å². The van der Waals surface area contributed by atoms with Gasteiger partial charge in [0, 0.05) is 13.0 Å². The Hall–Kier alpha value is -2.53. The first kappa shape index (κ1) is 18.3. The van der Waals surface area contributed by atoms with Gasteiger partial charge in [-0.25, -0.2) is 4.79 Å². The molecular weight excluding hydrogens is 330 g/mol. The van der Waals surface area contributed by atoms with Crippen LogP contribution in [-0.4, -0.2) is 41.4 Å². The highest BCUT2D eigenvalue weighted by Crippen LogP contribution is 2.26. The molecule has 1 amide bonds.